The number of pyridine rings is 1. The maximum atomic E-state index is 13.3. The number of hydrogen-bond acceptors (Lipinski definition) is 1. The molecule has 1 nitrogen and oxygen atoms in total. The molecule has 0 fully saturated rings. The van der Waals surface area contributed by atoms with Crippen molar-refractivity contribution in [2.24, 2.45) is 0 Å². The molecular weight excluding hydrogens is 290 g/mol. The zero-order valence-electron chi connectivity index (χ0n) is 7.65. The first-order valence-electron chi connectivity index (χ1n) is 4.21. The Morgan fingerprint density at radius 3 is 2.38 bits per heavy atom. The Kier molecular flexibility index (Phi) is 2.61. The van der Waals surface area contributed by atoms with Crippen molar-refractivity contribution in [1.82, 2.24) is 4.98 Å². The van der Waals surface area contributed by atoms with Crippen LogP contribution in [-0.2, 0) is 6.18 Å². The fourth-order valence-electron chi connectivity index (χ4n) is 1.31. The van der Waals surface area contributed by atoms with E-state index in [2.05, 4.69) is 20.9 Å². The smallest absolute Gasteiger partial charge is 0.242 e. The molecule has 0 aliphatic heterocycles. The normalized spacial score (nSPS) is 12.1. The molecule has 1 aromatic heterocycles. The maximum Gasteiger partial charge on any atom is 0.433 e. The van der Waals surface area contributed by atoms with Gasteiger partial charge in [-0.3, -0.25) is 0 Å². The Labute approximate surface area is 96.2 Å². The highest BCUT2D eigenvalue weighted by Crippen LogP contribution is 2.31. The van der Waals surface area contributed by atoms with Crippen LogP contribution in [0.1, 0.15) is 5.69 Å². The molecule has 84 valence electrons. The van der Waals surface area contributed by atoms with Gasteiger partial charge in [-0.25, -0.2) is 9.37 Å². The summed E-state index contributed by atoms with van der Waals surface area (Å²) in [6.45, 7) is 0. The molecule has 16 heavy (non-hydrogen) atoms. The zero-order valence-corrected chi connectivity index (χ0v) is 9.23. The van der Waals surface area contributed by atoms with Gasteiger partial charge >= 0.3 is 6.18 Å². The molecule has 1 heterocycles. The van der Waals surface area contributed by atoms with E-state index in [1.807, 2.05) is 0 Å². The minimum Gasteiger partial charge on any atom is -0.242 e. The second kappa shape index (κ2) is 3.69. The Morgan fingerprint density at radius 1 is 1.06 bits per heavy atom. The number of alkyl halides is 3. The van der Waals surface area contributed by atoms with Crippen molar-refractivity contribution in [2.45, 2.75) is 6.18 Å². The van der Waals surface area contributed by atoms with E-state index < -0.39 is 17.7 Å². The standard InChI is InChI=1S/C10H4BrF4N/c11-6-2-3-7(12)5-1-4-8(10(13,14)15)16-9(5)6/h1-4H. The van der Waals surface area contributed by atoms with Crippen LogP contribution in [0.25, 0.3) is 10.9 Å². The van der Waals surface area contributed by atoms with E-state index in [-0.39, 0.29) is 10.9 Å². The number of hydrogen-bond donors (Lipinski definition) is 0. The highest BCUT2D eigenvalue weighted by atomic mass is 79.9. The van der Waals surface area contributed by atoms with Crippen molar-refractivity contribution < 1.29 is 17.6 Å². The van der Waals surface area contributed by atoms with Crippen molar-refractivity contribution >= 4 is 26.8 Å². The fourth-order valence-corrected chi connectivity index (χ4v) is 1.74. The highest BCUT2D eigenvalue weighted by Gasteiger charge is 2.32. The lowest BCUT2D eigenvalue weighted by Gasteiger charge is -2.07. The second-order valence-electron chi connectivity index (χ2n) is 3.12. The van der Waals surface area contributed by atoms with Gasteiger partial charge in [0.15, 0.2) is 0 Å². The molecule has 1 aromatic carbocycles. The lowest BCUT2D eigenvalue weighted by atomic mass is 10.2. The van der Waals surface area contributed by atoms with Crippen LogP contribution >= 0.6 is 15.9 Å². The zero-order chi connectivity index (χ0) is 11.9. The second-order valence-corrected chi connectivity index (χ2v) is 3.97. The van der Waals surface area contributed by atoms with Crippen LogP contribution in [0.3, 0.4) is 0 Å². The van der Waals surface area contributed by atoms with E-state index in [0.29, 0.717) is 4.47 Å². The number of benzene rings is 1. The third-order valence-corrected chi connectivity index (χ3v) is 2.69. The molecule has 0 spiro atoms. The van der Waals surface area contributed by atoms with Crippen LogP contribution in [0.4, 0.5) is 17.6 Å². The van der Waals surface area contributed by atoms with Crippen molar-refractivity contribution in [2.75, 3.05) is 0 Å². The average Bonchev–Trinajstić information content (AvgIpc) is 2.22. The summed E-state index contributed by atoms with van der Waals surface area (Å²) in [6, 6.07) is 4.33. The molecular formula is C10H4BrF4N. The predicted molar refractivity (Wildman–Crippen MR) is 54.4 cm³/mol. The quantitative estimate of drug-likeness (QED) is 0.665. The summed E-state index contributed by atoms with van der Waals surface area (Å²) in [6.07, 6.45) is -4.53. The van der Waals surface area contributed by atoms with E-state index in [1.165, 1.54) is 12.1 Å². The van der Waals surface area contributed by atoms with Crippen LogP contribution in [0.15, 0.2) is 28.7 Å². The molecule has 0 saturated heterocycles. The summed E-state index contributed by atoms with van der Waals surface area (Å²) in [5, 5.41) is 0.0578. The minimum absolute atomic E-state index is 0.0326. The van der Waals surface area contributed by atoms with E-state index in [4.69, 9.17) is 0 Å². The molecule has 0 N–H and O–H groups in total. The first-order chi connectivity index (χ1) is 7.39. The highest BCUT2D eigenvalue weighted by molar-refractivity contribution is 9.10. The van der Waals surface area contributed by atoms with E-state index in [1.54, 1.807) is 0 Å². The summed E-state index contributed by atoms with van der Waals surface area (Å²) in [7, 11) is 0. The van der Waals surface area contributed by atoms with Crippen molar-refractivity contribution in [3.63, 3.8) is 0 Å². The van der Waals surface area contributed by atoms with Crippen LogP contribution in [0.5, 0.6) is 0 Å². The van der Waals surface area contributed by atoms with Gasteiger partial charge in [-0.2, -0.15) is 13.2 Å². The molecule has 0 aliphatic carbocycles. The number of nitrogens with zero attached hydrogens (tertiary/aromatic N) is 1. The van der Waals surface area contributed by atoms with Gasteiger partial charge in [-0.15, -0.1) is 0 Å². The van der Waals surface area contributed by atoms with Gasteiger partial charge in [0.1, 0.15) is 11.5 Å². The summed E-state index contributed by atoms with van der Waals surface area (Å²) < 4.78 is 50.7. The summed E-state index contributed by atoms with van der Waals surface area (Å²) in [4.78, 5) is 3.39. The third kappa shape index (κ3) is 1.89. The van der Waals surface area contributed by atoms with Gasteiger partial charge in [0, 0.05) is 9.86 Å². The molecule has 0 radical (unpaired) electrons. The molecule has 0 aliphatic rings. The van der Waals surface area contributed by atoms with Gasteiger partial charge in [-0.1, -0.05) is 0 Å². The van der Waals surface area contributed by atoms with E-state index in [9.17, 15) is 17.6 Å². The van der Waals surface area contributed by atoms with Crippen molar-refractivity contribution in [3.05, 3.63) is 40.2 Å². The summed E-state index contributed by atoms with van der Waals surface area (Å²) in [5.74, 6) is -0.598. The van der Waals surface area contributed by atoms with Crippen LogP contribution in [-0.4, -0.2) is 4.98 Å². The summed E-state index contributed by atoms with van der Waals surface area (Å²) >= 11 is 3.04. The Morgan fingerprint density at radius 2 is 1.75 bits per heavy atom. The van der Waals surface area contributed by atoms with Crippen molar-refractivity contribution in [1.29, 1.82) is 0 Å². The van der Waals surface area contributed by atoms with E-state index >= 15 is 0 Å². The Balaban J connectivity index is 2.76. The van der Waals surface area contributed by atoms with Gasteiger partial charge in [0.05, 0.1) is 5.52 Å². The van der Waals surface area contributed by atoms with Gasteiger partial charge in [-0.05, 0) is 40.2 Å². The van der Waals surface area contributed by atoms with Gasteiger partial charge in [0.2, 0.25) is 0 Å². The topological polar surface area (TPSA) is 12.9 Å². The summed E-state index contributed by atoms with van der Waals surface area (Å²) in [5.41, 5.74) is -1.07. The molecule has 0 saturated carbocycles. The number of fused-ring (bicyclic) bond motifs is 1. The van der Waals surface area contributed by atoms with Gasteiger partial charge < -0.3 is 0 Å². The number of halogens is 5. The molecule has 0 atom stereocenters. The molecule has 0 bridgehead atoms. The molecule has 6 heteroatoms. The molecule has 2 rings (SSSR count). The van der Waals surface area contributed by atoms with Crippen LogP contribution in [0, 0.1) is 5.82 Å². The fraction of sp³-hybridized carbons (Fsp3) is 0.100. The predicted octanol–water partition coefficient (Wildman–Crippen LogP) is 4.16. The first kappa shape index (κ1) is 11.3. The Bertz CT molecular complexity index is 550. The minimum atomic E-state index is -4.53. The van der Waals surface area contributed by atoms with Crippen molar-refractivity contribution in [3.8, 4) is 0 Å². The monoisotopic (exact) mass is 293 g/mol. The third-order valence-electron chi connectivity index (χ3n) is 2.05. The average molecular weight is 294 g/mol. The molecule has 2 aromatic rings. The maximum absolute atomic E-state index is 13.3. The lowest BCUT2D eigenvalue weighted by Crippen LogP contribution is -2.07. The Hall–Kier alpha value is -1.17. The SMILES string of the molecule is Fc1ccc(Br)c2nc(C(F)(F)F)ccc12. The van der Waals surface area contributed by atoms with Crippen LogP contribution in [0.2, 0.25) is 0 Å². The molecule has 0 amide bonds. The number of aromatic nitrogens is 1. The lowest BCUT2D eigenvalue weighted by molar-refractivity contribution is -0.140. The van der Waals surface area contributed by atoms with Gasteiger partial charge in [0.25, 0.3) is 0 Å². The largest absolute Gasteiger partial charge is 0.433 e. The van der Waals surface area contributed by atoms with E-state index in [0.717, 1.165) is 12.1 Å². The first-order valence-corrected chi connectivity index (χ1v) is 5.01. The molecule has 0 unspecified atom stereocenters. The van der Waals surface area contributed by atoms with Crippen LogP contribution < -0.4 is 0 Å². The number of rotatable bonds is 0.